The third-order valence-electron chi connectivity index (χ3n) is 6.73. The van der Waals surface area contributed by atoms with Crippen LogP contribution in [-0.2, 0) is 22.9 Å². The molecule has 7 nitrogen and oxygen atoms in total. The molecule has 4 rings (SSSR count). The number of nitrogens with one attached hydrogen (secondary N) is 3. The van der Waals surface area contributed by atoms with Gasteiger partial charge in [-0.3, -0.25) is 4.79 Å². The SMILES string of the molecule is CCc1ccc(S(=O)(=O)N[C@@H]2c3cc(C(=O)Nc4ccccc4CC)ccc3NC(C)(C)[C@H]2O)cc1. The zero-order chi connectivity index (χ0) is 26.1. The van der Waals surface area contributed by atoms with Gasteiger partial charge in [0.2, 0.25) is 10.0 Å². The molecular formula is C28H33N3O4S. The summed E-state index contributed by atoms with van der Waals surface area (Å²) in [4.78, 5) is 13.2. The molecule has 4 N–H and O–H groups in total. The van der Waals surface area contributed by atoms with Gasteiger partial charge in [0.1, 0.15) is 0 Å². The number of sulfonamides is 1. The Bertz CT molecular complexity index is 1370. The van der Waals surface area contributed by atoms with Crippen LogP contribution in [0.1, 0.15) is 60.8 Å². The first-order chi connectivity index (χ1) is 17.1. The van der Waals surface area contributed by atoms with Crippen molar-refractivity contribution in [1.82, 2.24) is 4.72 Å². The van der Waals surface area contributed by atoms with Crippen molar-refractivity contribution in [3.8, 4) is 0 Å². The minimum absolute atomic E-state index is 0.120. The highest BCUT2D eigenvalue weighted by atomic mass is 32.2. The van der Waals surface area contributed by atoms with Crippen LogP contribution >= 0.6 is 0 Å². The van der Waals surface area contributed by atoms with Crippen LogP contribution in [-0.4, -0.2) is 31.1 Å². The summed E-state index contributed by atoms with van der Waals surface area (Å²) < 4.78 is 29.2. The van der Waals surface area contributed by atoms with Gasteiger partial charge < -0.3 is 15.7 Å². The van der Waals surface area contributed by atoms with Crippen LogP contribution in [0.4, 0.5) is 11.4 Å². The monoisotopic (exact) mass is 507 g/mol. The first-order valence-corrected chi connectivity index (χ1v) is 13.6. The molecule has 36 heavy (non-hydrogen) atoms. The number of anilines is 2. The molecule has 3 aromatic carbocycles. The number of hydrogen-bond donors (Lipinski definition) is 4. The third-order valence-corrected chi connectivity index (χ3v) is 8.19. The summed E-state index contributed by atoms with van der Waals surface area (Å²) in [7, 11) is -3.94. The van der Waals surface area contributed by atoms with Gasteiger partial charge >= 0.3 is 0 Å². The van der Waals surface area contributed by atoms with Crippen molar-refractivity contribution in [2.45, 2.75) is 63.1 Å². The van der Waals surface area contributed by atoms with E-state index in [-0.39, 0.29) is 10.8 Å². The Morgan fingerprint density at radius 2 is 1.69 bits per heavy atom. The lowest BCUT2D eigenvalue weighted by atomic mass is 9.82. The van der Waals surface area contributed by atoms with Gasteiger partial charge in [-0.15, -0.1) is 0 Å². The zero-order valence-corrected chi connectivity index (χ0v) is 21.8. The van der Waals surface area contributed by atoms with Crippen LogP contribution < -0.4 is 15.4 Å². The van der Waals surface area contributed by atoms with Crippen molar-refractivity contribution < 1.29 is 18.3 Å². The Balaban J connectivity index is 1.68. The number of carbonyl (C=O) groups excluding carboxylic acids is 1. The van der Waals surface area contributed by atoms with E-state index < -0.39 is 27.7 Å². The van der Waals surface area contributed by atoms with E-state index in [4.69, 9.17) is 0 Å². The molecule has 0 radical (unpaired) electrons. The highest BCUT2D eigenvalue weighted by Gasteiger charge is 2.43. The summed E-state index contributed by atoms with van der Waals surface area (Å²) >= 11 is 0. The van der Waals surface area contributed by atoms with Gasteiger partial charge in [-0.2, -0.15) is 0 Å². The van der Waals surface area contributed by atoms with Crippen molar-refractivity contribution >= 4 is 27.3 Å². The van der Waals surface area contributed by atoms with E-state index in [1.54, 1.807) is 56.3 Å². The molecule has 0 spiro atoms. The van der Waals surface area contributed by atoms with Gasteiger partial charge in [0.15, 0.2) is 0 Å². The molecule has 0 saturated carbocycles. The second kappa shape index (κ2) is 10.0. The summed E-state index contributed by atoms with van der Waals surface area (Å²) in [6.45, 7) is 7.63. The number of aliphatic hydroxyl groups is 1. The summed E-state index contributed by atoms with van der Waals surface area (Å²) in [5.74, 6) is -0.310. The van der Waals surface area contributed by atoms with Crippen molar-refractivity contribution in [3.63, 3.8) is 0 Å². The van der Waals surface area contributed by atoms with Crippen LogP contribution in [0.5, 0.6) is 0 Å². The van der Waals surface area contributed by atoms with E-state index in [0.29, 0.717) is 16.8 Å². The minimum Gasteiger partial charge on any atom is -0.389 e. The number of aryl methyl sites for hydroxylation is 2. The molecular weight excluding hydrogens is 474 g/mol. The van der Waals surface area contributed by atoms with E-state index in [2.05, 4.69) is 15.4 Å². The van der Waals surface area contributed by atoms with Gasteiger partial charge in [-0.1, -0.05) is 44.2 Å². The zero-order valence-electron chi connectivity index (χ0n) is 21.0. The molecule has 1 aliphatic rings. The highest BCUT2D eigenvalue weighted by molar-refractivity contribution is 7.89. The molecule has 1 heterocycles. The van der Waals surface area contributed by atoms with E-state index >= 15 is 0 Å². The van der Waals surface area contributed by atoms with Gasteiger partial charge in [0.05, 0.1) is 22.6 Å². The van der Waals surface area contributed by atoms with Crippen molar-refractivity contribution in [2.24, 2.45) is 0 Å². The molecule has 3 aromatic rings. The average Bonchev–Trinajstić information content (AvgIpc) is 2.86. The molecule has 0 bridgehead atoms. The predicted octanol–water partition coefficient (Wildman–Crippen LogP) is 4.65. The minimum atomic E-state index is -3.94. The molecule has 2 atom stereocenters. The van der Waals surface area contributed by atoms with Crippen molar-refractivity contribution in [1.29, 1.82) is 0 Å². The summed E-state index contributed by atoms with van der Waals surface area (Å²) in [5, 5.41) is 17.4. The van der Waals surface area contributed by atoms with Gasteiger partial charge in [0, 0.05) is 16.9 Å². The number of rotatable bonds is 7. The molecule has 1 aliphatic heterocycles. The molecule has 1 amide bonds. The Morgan fingerprint density at radius 1 is 1.00 bits per heavy atom. The Hall–Kier alpha value is -3.20. The molecule has 8 heteroatoms. The van der Waals surface area contributed by atoms with E-state index in [9.17, 15) is 18.3 Å². The maximum Gasteiger partial charge on any atom is 0.255 e. The maximum atomic E-state index is 13.3. The number of para-hydroxylation sites is 1. The normalized spacial score (nSPS) is 18.7. The molecule has 0 saturated heterocycles. The summed E-state index contributed by atoms with van der Waals surface area (Å²) in [6, 6.07) is 18.4. The Labute approximate surface area is 213 Å². The number of carbonyl (C=O) groups is 1. The lowest BCUT2D eigenvalue weighted by Crippen LogP contribution is -2.54. The van der Waals surface area contributed by atoms with Crippen LogP contribution in [0.2, 0.25) is 0 Å². The molecule has 0 aromatic heterocycles. The number of benzene rings is 3. The molecule has 190 valence electrons. The Kier molecular flexibility index (Phi) is 7.22. The standard InChI is InChI=1S/C28H33N3O4S/c1-5-18-11-14-21(15-12-18)36(34,35)31-25-22-17-20(13-16-24(22)30-28(3,4)26(25)32)27(33)29-23-10-8-7-9-19(23)6-2/h7-17,25-26,30-32H,5-6H2,1-4H3,(H,29,33)/t25-,26+/m1/s1. The highest BCUT2D eigenvalue weighted by Crippen LogP contribution is 2.39. The predicted molar refractivity (Wildman–Crippen MR) is 143 cm³/mol. The quantitative estimate of drug-likeness (QED) is 0.372. The van der Waals surface area contributed by atoms with Crippen molar-refractivity contribution in [3.05, 3.63) is 89.0 Å². The van der Waals surface area contributed by atoms with E-state index in [1.165, 1.54) is 0 Å². The summed E-state index contributed by atoms with van der Waals surface area (Å²) in [5.41, 5.74) is 3.50. The molecule has 0 aliphatic carbocycles. The van der Waals surface area contributed by atoms with E-state index in [1.807, 2.05) is 38.1 Å². The second-order valence-corrected chi connectivity index (χ2v) is 11.4. The first-order valence-electron chi connectivity index (χ1n) is 12.2. The molecule has 0 fully saturated rings. The number of fused-ring (bicyclic) bond motifs is 1. The fraction of sp³-hybridized carbons (Fsp3) is 0.321. The molecule has 0 unspecified atom stereocenters. The number of amides is 1. The fourth-order valence-electron chi connectivity index (χ4n) is 4.50. The summed E-state index contributed by atoms with van der Waals surface area (Å²) in [6.07, 6.45) is 0.485. The van der Waals surface area contributed by atoms with Crippen molar-refractivity contribution in [2.75, 3.05) is 10.6 Å². The third kappa shape index (κ3) is 5.16. The topological polar surface area (TPSA) is 108 Å². The maximum absolute atomic E-state index is 13.3. The smallest absolute Gasteiger partial charge is 0.255 e. The van der Waals surface area contributed by atoms with Crippen LogP contribution in [0.3, 0.4) is 0 Å². The van der Waals surface area contributed by atoms with Gasteiger partial charge in [-0.25, -0.2) is 13.1 Å². The van der Waals surface area contributed by atoms with E-state index in [0.717, 1.165) is 29.7 Å². The number of aliphatic hydroxyl groups excluding tert-OH is 1. The van der Waals surface area contributed by atoms with Gasteiger partial charge in [0.25, 0.3) is 5.91 Å². The van der Waals surface area contributed by atoms with Crippen LogP contribution in [0.25, 0.3) is 0 Å². The number of hydrogen-bond acceptors (Lipinski definition) is 5. The lowest BCUT2D eigenvalue weighted by molar-refractivity contribution is 0.0770. The largest absolute Gasteiger partial charge is 0.389 e. The van der Waals surface area contributed by atoms with Gasteiger partial charge in [-0.05, 0) is 79.8 Å². The fourth-order valence-corrected chi connectivity index (χ4v) is 5.72. The average molecular weight is 508 g/mol. The van der Waals surface area contributed by atoms with Crippen LogP contribution in [0.15, 0.2) is 71.6 Å². The first kappa shape index (κ1) is 25.9. The van der Waals surface area contributed by atoms with Crippen LogP contribution in [0, 0.1) is 0 Å². The lowest BCUT2D eigenvalue weighted by Gasteiger charge is -2.43. The Morgan fingerprint density at radius 3 is 2.36 bits per heavy atom. The second-order valence-electron chi connectivity index (χ2n) is 9.65.